The minimum absolute atomic E-state index is 0.00548. The molecular formula is C12H14ClFO3. The van der Waals surface area contributed by atoms with Gasteiger partial charge < -0.3 is 14.6 Å². The minimum atomic E-state index is -0.955. The summed E-state index contributed by atoms with van der Waals surface area (Å²) in [6.07, 6.45) is 0.970. The molecule has 3 nitrogen and oxygen atoms in total. The molecule has 0 spiro atoms. The van der Waals surface area contributed by atoms with Crippen LogP contribution in [0.25, 0.3) is 0 Å². The van der Waals surface area contributed by atoms with E-state index in [-0.39, 0.29) is 17.4 Å². The summed E-state index contributed by atoms with van der Waals surface area (Å²) in [5.74, 6) is -0.526. The van der Waals surface area contributed by atoms with Crippen molar-refractivity contribution in [3.05, 3.63) is 29.0 Å². The van der Waals surface area contributed by atoms with Crippen LogP contribution in [0.5, 0.6) is 5.75 Å². The van der Waals surface area contributed by atoms with Gasteiger partial charge >= 0.3 is 0 Å². The van der Waals surface area contributed by atoms with Crippen molar-refractivity contribution in [2.75, 3.05) is 19.8 Å². The Hall–Kier alpha value is -0.840. The zero-order valence-corrected chi connectivity index (χ0v) is 10.0. The zero-order chi connectivity index (χ0) is 12.3. The highest BCUT2D eigenvalue weighted by Gasteiger charge is 2.31. The van der Waals surface area contributed by atoms with Gasteiger partial charge in [0.25, 0.3) is 0 Å². The lowest BCUT2D eigenvalue weighted by atomic mass is 9.96. The molecule has 0 radical (unpaired) electrons. The largest absolute Gasteiger partial charge is 0.486 e. The third-order valence-corrected chi connectivity index (χ3v) is 3.13. The molecule has 1 aliphatic rings. The van der Waals surface area contributed by atoms with Gasteiger partial charge in [0.2, 0.25) is 0 Å². The topological polar surface area (TPSA) is 38.7 Å². The van der Waals surface area contributed by atoms with Gasteiger partial charge in [0.15, 0.2) is 11.6 Å². The van der Waals surface area contributed by atoms with E-state index in [1.54, 1.807) is 6.07 Å². The van der Waals surface area contributed by atoms with Crippen molar-refractivity contribution in [1.29, 1.82) is 0 Å². The Bertz CT molecular complexity index is 371. The lowest BCUT2D eigenvalue weighted by Crippen LogP contribution is -2.41. The molecule has 0 aliphatic carbocycles. The Balaban J connectivity index is 2.02. The number of rotatable bonds is 3. The van der Waals surface area contributed by atoms with Gasteiger partial charge in [-0.2, -0.15) is 0 Å². The predicted octanol–water partition coefficient (Wildman–Crippen LogP) is 2.40. The smallest absolute Gasteiger partial charge is 0.173 e. The molecule has 0 saturated carbocycles. The van der Waals surface area contributed by atoms with E-state index in [4.69, 9.17) is 21.1 Å². The molecule has 1 N–H and O–H groups in total. The van der Waals surface area contributed by atoms with E-state index in [0.29, 0.717) is 26.1 Å². The Morgan fingerprint density at radius 3 is 2.76 bits per heavy atom. The average molecular weight is 261 g/mol. The van der Waals surface area contributed by atoms with Crippen LogP contribution >= 0.6 is 11.6 Å². The Kier molecular flexibility index (Phi) is 3.86. The number of aliphatic hydroxyl groups is 1. The van der Waals surface area contributed by atoms with Gasteiger partial charge in [-0.1, -0.05) is 17.7 Å². The highest BCUT2D eigenvalue weighted by Crippen LogP contribution is 2.29. The summed E-state index contributed by atoms with van der Waals surface area (Å²) in [5, 5.41) is 10.4. The predicted molar refractivity (Wildman–Crippen MR) is 61.9 cm³/mol. The molecule has 0 amide bonds. The summed E-state index contributed by atoms with van der Waals surface area (Å²) in [5.41, 5.74) is -0.955. The number of para-hydroxylation sites is 1. The van der Waals surface area contributed by atoms with E-state index < -0.39 is 11.4 Å². The molecule has 1 aromatic rings. The number of halogens is 2. The maximum atomic E-state index is 13.4. The molecule has 5 heteroatoms. The molecule has 1 aliphatic heterocycles. The molecule has 1 saturated heterocycles. The summed E-state index contributed by atoms with van der Waals surface area (Å²) in [6, 6.07) is 4.33. The van der Waals surface area contributed by atoms with Crippen LogP contribution in [0.3, 0.4) is 0 Å². The van der Waals surface area contributed by atoms with Crippen molar-refractivity contribution < 1.29 is 19.0 Å². The Morgan fingerprint density at radius 1 is 1.41 bits per heavy atom. The van der Waals surface area contributed by atoms with E-state index in [1.165, 1.54) is 12.1 Å². The molecule has 1 aromatic carbocycles. The molecule has 94 valence electrons. The highest BCUT2D eigenvalue weighted by molar-refractivity contribution is 6.32. The van der Waals surface area contributed by atoms with Crippen LogP contribution in [-0.2, 0) is 4.74 Å². The van der Waals surface area contributed by atoms with E-state index in [9.17, 15) is 9.50 Å². The maximum absolute atomic E-state index is 13.4. The molecule has 0 aromatic heterocycles. The summed E-state index contributed by atoms with van der Waals surface area (Å²) in [6.45, 7) is 1.01. The molecule has 0 atom stereocenters. The normalized spacial score (nSPS) is 19.0. The van der Waals surface area contributed by atoms with Crippen LogP contribution in [-0.4, -0.2) is 30.5 Å². The van der Waals surface area contributed by atoms with Gasteiger partial charge in [-0.25, -0.2) is 4.39 Å². The number of ether oxygens (including phenoxy) is 2. The van der Waals surface area contributed by atoms with Gasteiger partial charge in [-0.05, 0) is 12.1 Å². The molecule has 1 heterocycles. The van der Waals surface area contributed by atoms with Crippen LogP contribution in [0.1, 0.15) is 12.8 Å². The first-order valence-corrected chi connectivity index (χ1v) is 5.85. The standard InChI is InChI=1S/C12H14ClFO3/c13-9-2-1-3-10(14)11(9)17-8-12(15)4-6-16-7-5-12/h1-3,15H,4-8H2. The fraction of sp³-hybridized carbons (Fsp3) is 0.500. The fourth-order valence-corrected chi connectivity index (χ4v) is 1.94. The second-order valence-corrected chi connectivity index (χ2v) is 4.58. The molecule has 1 fully saturated rings. The van der Waals surface area contributed by atoms with E-state index in [0.717, 1.165) is 0 Å². The van der Waals surface area contributed by atoms with Crippen LogP contribution in [0.15, 0.2) is 18.2 Å². The molecule has 17 heavy (non-hydrogen) atoms. The first-order chi connectivity index (χ1) is 8.11. The number of hydrogen-bond acceptors (Lipinski definition) is 3. The van der Waals surface area contributed by atoms with Crippen molar-refractivity contribution in [3.63, 3.8) is 0 Å². The fourth-order valence-electron chi connectivity index (χ4n) is 1.72. The van der Waals surface area contributed by atoms with Crippen molar-refractivity contribution in [2.24, 2.45) is 0 Å². The van der Waals surface area contributed by atoms with Crippen molar-refractivity contribution >= 4 is 11.6 Å². The number of hydrogen-bond donors (Lipinski definition) is 1. The zero-order valence-electron chi connectivity index (χ0n) is 9.29. The second kappa shape index (κ2) is 5.21. The van der Waals surface area contributed by atoms with E-state index in [1.807, 2.05) is 0 Å². The SMILES string of the molecule is OC1(COc2c(F)cccc2Cl)CCOCC1. The molecule has 0 bridgehead atoms. The molecule has 0 unspecified atom stereocenters. The van der Waals surface area contributed by atoms with Crippen LogP contribution < -0.4 is 4.74 Å². The van der Waals surface area contributed by atoms with Gasteiger partial charge in [-0.15, -0.1) is 0 Å². The van der Waals surface area contributed by atoms with Crippen molar-refractivity contribution in [1.82, 2.24) is 0 Å². The summed E-state index contributed by atoms with van der Waals surface area (Å²) >= 11 is 5.82. The average Bonchev–Trinajstić information content (AvgIpc) is 2.29. The van der Waals surface area contributed by atoms with Gasteiger partial charge in [0.1, 0.15) is 12.2 Å². The maximum Gasteiger partial charge on any atom is 0.173 e. The quantitative estimate of drug-likeness (QED) is 0.907. The van der Waals surface area contributed by atoms with E-state index in [2.05, 4.69) is 0 Å². The Labute approximate surface area is 104 Å². The van der Waals surface area contributed by atoms with Gasteiger partial charge in [0, 0.05) is 26.1 Å². The lowest BCUT2D eigenvalue weighted by Gasteiger charge is -2.31. The number of benzene rings is 1. The van der Waals surface area contributed by atoms with Crippen molar-refractivity contribution in [3.8, 4) is 5.75 Å². The molecule has 2 rings (SSSR count). The first kappa shape index (κ1) is 12.6. The third-order valence-electron chi connectivity index (χ3n) is 2.83. The van der Waals surface area contributed by atoms with Crippen LogP contribution in [0, 0.1) is 5.82 Å². The van der Waals surface area contributed by atoms with Crippen LogP contribution in [0.4, 0.5) is 4.39 Å². The van der Waals surface area contributed by atoms with Crippen molar-refractivity contribution in [2.45, 2.75) is 18.4 Å². The second-order valence-electron chi connectivity index (χ2n) is 4.18. The molecular weight excluding hydrogens is 247 g/mol. The minimum Gasteiger partial charge on any atom is -0.486 e. The Morgan fingerprint density at radius 2 is 2.12 bits per heavy atom. The third kappa shape index (κ3) is 3.09. The van der Waals surface area contributed by atoms with Crippen LogP contribution in [0.2, 0.25) is 5.02 Å². The summed E-state index contributed by atoms with van der Waals surface area (Å²) in [4.78, 5) is 0. The first-order valence-electron chi connectivity index (χ1n) is 5.48. The summed E-state index contributed by atoms with van der Waals surface area (Å²) in [7, 11) is 0. The van der Waals surface area contributed by atoms with Gasteiger partial charge in [-0.3, -0.25) is 0 Å². The van der Waals surface area contributed by atoms with E-state index >= 15 is 0 Å². The summed E-state index contributed by atoms with van der Waals surface area (Å²) < 4.78 is 23.9. The van der Waals surface area contributed by atoms with Gasteiger partial charge in [0.05, 0.1) is 5.02 Å². The monoisotopic (exact) mass is 260 g/mol. The highest BCUT2D eigenvalue weighted by atomic mass is 35.5. The lowest BCUT2D eigenvalue weighted by molar-refractivity contribution is -0.0859.